The minimum Gasteiger partial charge on any atom is -0.463 e. The van der Waals surface area contributed by atoms with E-state index >= 15 is 0 Å². The van der Waals surface area contributed by atoms with E-state index in [-0.39, 0.29) is 11.8 Å². The van der Waals surface area contributed by atoms with Crippen LogP contribution in [0.5, 0.6) is 0 Å². The van der Waals surface area contributed by atoms with E-state index in [0.717, 1.165) is 43.7 Å². The van der Waals surface area contributed by atoms with Gasteiger partial charge in [-0.05, 0) is 49.9 Å². The lowest BCUT2D eigenvalue weighted by molar-refractivity contribution is -0.125. The van der Waals surface area contributed by atoms with Crippen molar-refractivity contribution < 1.29 is 9.21 Å². The van der Waals surface area contributed by atoms with E-state index in [2.05, 4.69) is 20.4 Å². The third-order valence-electron chi connectivity index (χ3n) is 5.24. The molecule has 1 atom stereocenters. The molecule has 132 valence electrons. The number of piperidine rings is 1. The van der Waals surface area contributed by atoms with Crippen LogP contribution in [0.4, 0.5) is 5.82 Å². The number of hydrogen-bond donors (Lipinski definition) is 1. The second-order valence-electron chi connectivity index (χ2n) is 7.03. The third-order valence-corrected chi connectivity index (χ3v) is 5.24. The molecule has 0 radical (unpaired) electrons. The number of carbonyl (C=O) groups excluding carboxylic acids is 1. The Hall–Kier alpha value is -2.37. The van der Waals surface area contributed by atoms with E-state index in [1.54, 1.807) is 6.26 Å². The summed E-state index contributed by atoms with van der Waals surface area (Å²) in [6, 6.07) is 7.97. The lowest BCUT2D eigenvalue weighted by atomic mass is 9.96. The first-order valence-electron chi connectivity index (χ1n) is 9.22. The summed E-state index contributed by atoms with van der Waals surface area (Å²) in [6.07, 6.45) is 8.31. The van der Waals surface area contributed by atoms with Gasteiger partial charge in [-0.1, -0.05) is 12.8 Å². The molecule has 2 aromatic rings. The Morgan fingerprint density at radius 1 is 1.12 bits per heavy atom. The molecule has 0 unspecified atom stereocenters. The van der Waals surface area contributed by atoms with Gasteiger partial charge in [0.25, 0.3) is 0 Å². The molecule has 6 heteroatoms. The molecule has 1 aliphatic heterocycles. The molecule has 25 heavy (non-hydrogen) atoms. The van der Waals surface area contributed by atoms with Crippen molar-refractivity contribution in [1.82, 2.24) is 15.5 Å². The summed E-state index contributed by atoms with van der Waals surface area (Å²) in [7, 11) is 0. The molecule has 1 amide bonds. The number of rotatable bonds is 4. The van der Waals surface area contributed by atoms with Gasteiger partial charge in [-0.2, -0.15) is 0 Å². The summed E-state index contributed by atoms with van der Waals surface area (Å²) in [5, 5.41) is 11.8. The largest absolute Gasteiger partial charge is 0.463 e. The van der Waals surface area contributed by atoms with Crippen LogP contribution in [0.1, 0.15) is 38.5 Å². The fraction of sp³-hybridized carbons (Fsp3) is 0.526. The highest BCUT2D eigenvalue weighted by Gasteiger charge is 2.28. The maximum Gasteiger partial charge on any atom is 0.225 e. The summed E-state index contributed by atoms with van der Waals surface area (Å²) < 4.78 is 5.35. The fourth-order valence-electron chi connectivity index (χ4n) is 3.84. The average molecular weight is 340 g/mol. The van der Waals surface area contributed by atoms with Crippen molar-refractivity contribution in [2.75, 3.05) is 18.0 Å². The highest BCUT2D eigenvalue weighted by molar-refractivity contribution is 5.79. The first-order valence-corrected chi connectivity index (χ1v) is 9.22. The summed E-state index contributed by atoms with van der Waals surface area (Å²) >= 11 is 0. The van der Waals surface area contributed by atoms with E-state index < -0.39 is 0 Å². The quantitative estimate of drug-likeness (QED) is 0.926. The molecule has 1 aliphatic carbocycles. The van der Waals surface area contributed by atoms with Crippen molar-refractivity contribution in [3.8, 4) is 11.5 Å². The van der Waals surface area contributed by atoms with Crippen LogP contribution in [0.25, 0.3) is 11.5 Å². The Morgan fingerprint density at radius 3 is 2.72 bits per heavy atom. The number of anilines is 1. The number of nitrogens with one attached hydrogen (secondary N) is 1. The molecule has 1 N–H and O–H groups in total. The molecule has 2 fully saturated rings. The minimum absolute atomic E-state index is 0.0425. The van der Waals surface area contributed by atoms with Gasteiger partial charge in [0.2, 0.25) is 5.91 Å². The van der Waals surface area contributed by atoms with Crippen LogP contribution in [-0.4, -0.2) is 35.2 Å². The molecule has 4 rings (SSSR count). The number of carbonyl (C=O) groups is 1. The molecule has 2 aliphatic rings. The lowest BCUT2D eigenvalue weighted by Crippen LogP contribution is -2.45. The van der Waals surface area contributed by atoms with Crippen LogP contribution >= 0.6 is 0 Å². The van der Waals surface area contributed by atoms with Gasteiger partial charge in [0.05, 0.1) is 12.2 Å². The molecule has 0 spiro atoms. The zero-order valence-electron chi connectivity index (χ0n) is 14.4. The molecule has 0 aromatic carbocycles. The second-order valence-corrected chi connectivity index (χ2v) is 7.03. The SMILES string of the molecule is O=C(NC1CCCC1)[C@H]1CCCN(c2ccc(-c3ccco3)nn2)C1. The number of amides is 1. The van der Waals surface area contributed by atoms with E-state index in [0.29, 0.717) is 18.3 Å². The maximum atomic E-state index is 12.6. The lowest BCUT2D eigenvalue weighted by Gasteiger charge is -2.33. The third kappa shape index (κ3) is 3.67. The van der Waals surface area contributed by atoms with Crippen LogP contribution in [0, 0.1) is 5.92 Å². The number of hydrogen-bond acceptors (Lipinski definition) is 5. The molecule has 1 saturated carbocycles. The summed E-state index contributed by atoms with van der Waals surface area (Å²) in [6.45, 7) is 1.63. The van der Waals surface area contributed by atoms with Crippen LogP contribution in [-0.2, 0) is 4.79 Å². The predicted octanol–water partition coefficient (Wildman–Crippen LogP) is 3.01. The van der Waals surface area contributed by atoms with Crippen molar-refractivity contribution in [2.45, 2.75) is 44.6 Å². The van der Waals surface area contributed by atoms with Gasteiger partial charge in [0, 0.05) is 19.1 Å². The second kappa shape index (κ2) is 7.25. The molecule has 1 saturated heterocycles. The van der Waals surface area contributed by atoms with E-state index in [9.17, 15) is 4.79 Å². The summed E-state index contributed by atoms with van der Waals surface area (Å²) in [5.41, 5.74) is 0.723. The van der Waals surface area contributed by atoms with Crippen LogP contribution in [0.15, 0.2) is 34.9 Å². The monoisotopic (exact) mass is 340 g/mol. The van der Waals surface area contributed by atoms with Gasteiger partial charge in [0.15, 0.2) is 11.6 Å². The van der Waals surface area contributed by atoms with Crippen molar-refractivity contribution in [2.24, 2.45) is 5.92 Å². The summed E-state index contributed by atoms with van der Waals surface area (Å²) in [4.78, 5) is 14.7. The Kier molecular flexibility index (Phi) is 4.68. The van der Waals surface area contributed by atoms with E-state index in [1.165, 1.54) is 12.8 Å². The first-order chi connectivity index (χ1) is 12.3. The van der Waals surface area contributed by atoms with Gasteiger partial charge >= 0.3 is 0 Å². The van der Waals surface area contributed by atoms with Gasteiger partial charge in [-0.3, -0.25) is 4.79 Å². The minimum atomic E-state index is 0.0425. The highest BCUT2D eigenvalue weighted by atomic mass is 16.3. The van der Waals surface area contributed by atoms with Crippen LogP contribution < -0.4 is 10.2 Å². The molecule has 3 heterocycles. The van der Waals surface area contributed by atoms with Crippen molar-refractivity contribution >= 4 is 11.7 Å². The fourth-order valence-corrected chi connectivity index (χ4v) is 3.84. The Labute approximate surface area is 147 Å². The van der Waals surface area contributed by atoms with Crippen molar-refractivity contribution in [3.05, 3.63) is 30.5 Å². The predicted molar refractivity (Wildman–Crippen MR) is 95.1 cm³/mol. The van der Waals surface area contributed by atoms with Gasteiger partial charge < -0.3 is 14.6 Å². The highest BCUT2D eigenvalue weighted by Crippen LogP contribution is 2.24. The number of nitrogens with zero attached hydrogens (tertiary/aromatic N) is 3. The molecular weight excluding hydrogens is 316 g/mol. The zero-order chi connectivity index (χ0) is 17.1. The first kappa shape index (κ1) is 16.1. The molecule has 6 nitrogen and oxygen atoms in total. The van der Waals surface area contributed by atoms with Gasteiger partial charge in [-0.15, -0.1) is 10.2 Å². The van der Waals surface area contributed by atoms with E-state index in [1.807, 2.05) is 24.3 Å². The molecule has 2 aromatic heterocycles. The smallest absolute Gasteiger partial charge is 0.225 e. The number of aromatic nitrogens is 2. The Bertz CT molecular complexity index is 693. The maximum absolute atomic E-state index is 12.6. The van der Waals surface area contributed by atoms with E-state index in [4.69, 9.17) is 4.42 Å². The Morgan fingerprint density at radius 2 is 2.00 bits per heavy atom. The van der Waals surface area contributed by atoms with Crippen LogP contribution in [0.2, 0.25) is 0 Å². The average Bonchev–Trinajstić information content (AvgIpc) is 3.36. The van der Waals surface area contributed by atoms with Crippen molar-refractivity contribution in [1.29, 1.82) is 0 Å². The topological polar surface area (TPSA) is 71.3 Å². The molecular formula is C19H24N4O2. The van der Waals surface area contributed by atoms with Gasteiger partial charge in [-0.25, -0.2) is 0 Å². The standard InChI is InChI=1S/C19H24N4O2/c24-19(20-15-6-1-2-7-15)14-5-3-11-23(13-14)18-10-9-16(21-22-18)17-8-4-12-25-17/h4,8-10,12,14-15H,1-3,5-7,11,13H2,(H,20,24)/t14-/m0/s1. The normalized spacial score (nSPS) is 21.4. The van der Waals surface area contributed by atoms with Crippen molar-refractivity contribution in [3.63, 3.8) is 0 Å². The molecule has 0 bridgehead atoms. The van der Waals surface area contributed by atoms with Crippen LogP contribution in [0.3, 0.4) is 0 Å². The zero-order valence-corrected chi connectivity index (χ0v) is 14.4. The van der Waals surface area contributed by atoms with Gasteiger partial charge in [0.1, 0.15) is 5.69 Å². The number of furan rings is 1. The summed E-state index contributed by atoms with van der Waals surface area (Å²) in [5.74, 6) is 1.79. The Balaban J connectivity index is 1.39.